The van der Waals surface area contributed by atoms with Crippen LogP contribution in [-0.2, 0) is 43.3 Å². The molecule has 0 radical (unpaired) electrons. The monoisotopic (exact) mass is 1110 g/mol. The number of phenolic OH excluding ortho intramolecular Hbond substituents is 4. The minimum absolute atomic E-state index is 0.00859. The van der Waals surface area contributed by atoms with Crippen LogP contribution in [0.25, 0.3) is 11.1 Å². The van der Waals surface area contributed by atoms with Gasteiger partial charge < -0.3 is 40.0 Å². The summed E-state index contributed by atoms with van der Waals surface area (Å²) >= 11 is 0. The van der Waals surface area contributed by atoms with Crippen molar-refractivity contribution in [3.05, 3.63) is 166 Å². The molecule has 0 heterocycles. The molecule has 0 aromatic heterocycles. The first-order valence-corrected chi connectivity index (χ1v) is 29.5. The zero-order valence-corrected chi connectivity index (χ0v) is 53.8. The van der Waals surface area contributed by atoms with Crippen LogP contribution >= 0.6 is 16.8 Å². The van der Waals surface area contributed by atoms with E-state index in [4.69, 9.17) is 19.6 Å². The third kappa shape index (κ3) is 21.7. The first kappa shape index (κ1) is 69.3. The first-order valence-electron chi connectivity index (χ1n) is 27.0. The SMILES string of the molecule is CC(C)(C)c1ccc(O)c(C(C)(C)C)c1.CC(C)(C)c1ccc(O)c(C(C)(C)C)c1.CC(C)(C)c1ccc(O)c(C(C)(C)C)c1.CC(C)(C)c1ccc(O)c(C(C)(C)C)c1.OP(O)c1ccc(-c2ccc(P(O)O)cc2)cc1. The Morgan fingerprint density at radius 2 is 0.397 bits per heavy atom. The van der Waals surface area contributed by atoms with Gasteiger partial charge in [-0.25, -0.2) is 0 Å². The van der Waals surface area contributed by atoms with E-state index in [0.29, 0.717) is 33.6 Å². The Bertz CT molecular complexity index is 2480. The molecule has 0 spiro atoms. The summed E-state index contributed by atoms with van der Waals surface area (Å²) in [6.45, 7) is 51.7. The number of rotatable bonds is 3. The van der Waals surface area contributed by atoms with Crippen molar-refractivity contribution < 1.29 is 40.0 Å². The Balaban J connectivity index is 0.000000334. The molecule has 0 amide bonds. The lowest BCUT2D eigenvalue weighted by atomic mass is 9.80. The van der Waals surface area contributed by atoms with Crippen LogP contribution in [0.4, 0.5) is 0 Å². The maximum Gasteiger partial charge on any atom is 0.199 e. The van der Waals surface area contributed by atoms with Crippen LogP contribution in [0, 0.1) is 0 Å². The molecule has 0 aliphatic carbocycles. The first-order chi connectivity index (χ1) is 35.1. The van der Waals surface area contributed by atoms with E-state index in [0.717, 1.165) is 33.4 Å². The van der Waals surface area contributed by atoms with Gasteiger partial charge in [0.1, 0.15) is 23.0 Å². The quantitative estimate of drug-likeness (QED) is 0.0813. The summed E-state index contributed by atoms with van der Waals surface area (Å²) in [6, 6.07) is 37.6. The standard InChI is InChI=1S/4C14H22O.C12H12O4P2/c4*1-13(2,3)10-7-8-12(15)11(9-10)14(4,5)6;13-17(14)11-5-1-9(2-6-11)10-3-7-12(8-4-10)18(15)16/h4*7-9,15H,1-6H3;1-8,13-16H. The molecule has 8 nitrogen and oxygen atoms in total. The zero-order chi connectivity index (χ0) is 60.5. The second-order valence-corrected chi connectivity index (χ2v) is 30.8. The Morgan fingerprint density at radius 3 is 0.526 bits per heavy atom. The smallest absolute Gasteiger partial charge is 0.199 e. The van der Waals surface area contributed by atoms with Crippen molar-refractivity contribution in [1.82, 2.24) is 0 Å². The molecule has 0 aliphatic rings. The van der Waals surface area contributed by atoms with Gasteiger partial charge in [-0.05, 0) is 147 Å². The maximum atomic E-state index is 9.84. The van der Waals surface area contributed by atoms with Gasteiger partial charge in [0.15, 0.2) is 16.8 Å². The molecular formula is C68H100O8P2. The predicted molar refractivity (Wildman–Crippen MR) is 336 cm³/mol. The number of phenols is 4. The molecule has 0 atom stereocenters. The van der Waals surface area contributed by atoms with E-state index in [1.165, 1.54) is 22.3 Å². The minimum atomic E-state index is -2.05. The van der Waals surface area contributed by atoms with Gasteiger partial charge in [0.05, 0.1) is 0 Å². The summed E-state index contributed by atoms with van der Waals surface area (Å²) in [7, 11) is -4.11. The average Bonchev–Trinajstić information content (AvgIpc) is 3.27. The molecule has 0 bridgehead atoms. The van der Waals surface area contributed by atoms with Gasteiger partial charge in [0.2, 0.25) is 0 Å². The molecule has 8 N–H and O–H groups in total. The van der Waals surface area contributed by atoms with Crippen molar-refractivity contribution in [3.8, 4) is 34.1 Å². The fourth-order valence-electron chi connectivity index (χ4n) is 7.99. The molecule has 0 aliphatic heterocycles. The van der Waals surface area contributed by atoms with Gasteiger partial charge in [-0.15, -0.1) is 0 Å². The van der Waals surface area contributed by atoms with Gasteiger partial charge in [0.25, 0.3) is 0 Å². The Hall–Kier alpha value is -4.78. The molecule has 0 fully saturated rings. The normalized spacial score (nSPS) is 12.5. The van der Waals surface area contributed by atoms with Crippen LogP contribution in [0.3, 0.4) is 0 Å². The van der Waals surface area contributed by atoms with E-state index in [1.807, 2.05) is 24.3 Å². The van der Waals surface area contributed by atoms with Crippen LogP contribution < -0.4 is 10.6 Å². The Kier molecular flexibility index (Phi) is 23.7. The van der Waals surface area contributed by atoms with Gasteiger partial charge in [-0.1, -0.05) is 239 Å². The molecule has 0 unspecified atom stereocenters. The van der Waals surface area contributed by atoms with Crippen LogP contribution in [0.15, 0.2) is 121 Å². The van der Waals surface area contributed by atoms with Gasteiger partial charge in [0, 0.05) is 10.6 Å². The number of hydrogen-bond acceptors (Lipinski definition) is 8. The fraction of sp³-hybridized carbons (Fsp3) is 0.471. The van der Waals surface area contributed by atoms with E-state index in [9.17, 15) is 20.4 Å². The molecule has 430 valence electrons. The van der Waals surface area contributed by atoms with Crippen molar-refractivity contribution in [2.24, 2.45) is 0 Å². The second-order valence-electron chi connectivity index (χ2n) is 28.6. The van der Waals surface area contributed by atoms with E-state index in [2.05, 4.69) is 190 Å². The lowest BCUT2D eigenvalue weighted by Crippen LogP contribution is -2.16. The minimum Gasteiger partial charge on any atom is -0.508 e. The maximum absolute atomic E-state index is 9.84. The van der Waals surface area contributed by atoms with Crippen molar-refractivity contribution in [3.63, 3.8) is 0 Å². The molecule has 0 saturated heterocycles. The average molecular weight is 1110 g/mol. The second kappa shape index (κ2) is 26.7. The summed E-state index contributed by atoms with van der Waals surface area (Å²) in [5.41, 5.74) is 11.5. The predicted octanol–water partition coefficient (Wildman–Crippen LogP) is 17.1. The number of hydrogen-bond donors (Lipinski definition) is 8. The summed E-state index contributed by atoms with van der Waals surface area (Å²) in [5, 5.41) is 40.3. The van der Waals surface area contributed by atoms with E-state index >= 15 is 0 Å². The van der Waals surface area contributed by atoms with E-state index in [1.54, 1.807) is 72.8 Å². The van der Waals surface area contributed by atoms with Gasteiger partial charge >= 0.3 is 0 Å². The Labute approximate surface area is 474 Å². The third-order valence-electron chi connectivity index (χ3n) is 13.2. The van der Waals surface area contributed by atoms with Crippen molar-refractivity contribution in [2.75, 3.05) is 0 Å². The highest BCUT2D eigenvalue weighted by molar-refractivity contribution is 7.54. The lowest BCUT2D eigenvalue weighted by molar-refractivity contribution is 0.444. The molecule has 6 rings (SSSR count). The molecule has 6 aromatic carbocycles. The molecule has 0 saturated carbocycles. The summed E-state index contributed by atoms with van der Waals surface area (Å²) in [5.74, 6) is 1.59. The topological polar surface area (TPSA) is 162 Å². The largest absolute Gasteiger partial charge is 0.508 e. The van der Waals surface area contributed by atoms with Gasteiger partial charge in [-0.2, -0.15) is 0 Å². The highest BCUT2D eigenvalue weighted by atomic mass is 31.2. The third-order valence-corrected chi connectivity index (χ3v) is 14.7. The lowest BCUT2D eigenvalue weighted by Gasteiger charge is -2.25. The summed E-state index contributed by atoms with van der Waals surface area (Å²) in [6.07, 6.45) is 0. The van der Waals surface area contributed by atoms with Crippen molar-refractivity contribution >= 4 is 27.4 Å². The summed E-state index contributed by atoms with van der Waals surface area (Å²) in [4.78, 5) is 36.2. The number of aromatic hydroxyl groups is 4. The fourth-order valence-corrected chi connectivity index (χ4v) is 8.82. The summed E-state index contributed by atoms with van der Waals surface area (Å²) < 4.78 is 0. The molecule has 10 heteroatoms. The van der Waals surface area contributed by atoms with Crippen molar-refractivity contribution in [2.45, 2.75) is 209 Å². The zero-order valence-electron chi connectivity index (χ0n) is 52.0. The highest BCUT2D eigenvalue weighted by Crippen LogP contribution is 2.39. The van der Waals surface area contributed by atoms with E-state index < -0.39 is 16.8 Å². The van der Waals surface area contributed by atoms with E-state index in [-0.39, 0.29) is 43.3 Å². The Morgan fingerprint density at radius 1 is 0.231 bits per heavy atom. The van der Waals surface area contributed by atoms with Gasteiger partial charge in [-0.3, -0.25) is 0 Å². The highest BCUT2D eigenvalue weighted by Gasteiger charge is 2.26. The van der Waals surface area contributed by atoms with Crippen LogP contribution in [0.2, 0.25) is 0 Å². The van der Waals surface area contributed by atoms with Crippen LogP contribution in [0.5, 0.6) is 23.0 Å². The van der Waals surface area contributed by atoms with Crippen LogP contribution in [-0.4, -0.2) is 40.0 Å². The molecule has 78 heavy (non-hydrogen) atoms. The van der Waals surface area contributed by atoms with Crippen LogP contribution in [0.1, 0.15) is 211 Å². The molecular weight excluding hydrogens is 1010 g/mol. The number of benzene rings is 6. The molecule has 6 aromatic rings. The van der Waals surface area contributed by atoms with Crippen molar-refractivity contribution in [1.29, 1.82) is 0 Å².